The van der Waals surface area contributed by atoms with Gasteiger partial charge in [0.15, 0.2) is 0 Å². The molecule has 1 heterocycles. The molecule has 1 aliphatic heterocycles. The summed E-state index contributed by atoms with van der Waals surface area (Å²) >= 11 is 0. The number of rotatable bonds is 6. The van der Waals surface area contributed by atoms with Crippen LogP contribution in [0.25, 0.3) is 0 Å². The first kappa shape index (κ1) is 12.8. The number of carbonyl (C=O) groups is 3. The van der Waals surface area contributed by atoms with E-state index in [4.69, 9.17) is 10.9 Å². The fourth-order valence-corrected chi connectivity index (χ4v) is 1.67. The van der Waals surface area contributed by atoms with Crippen molar-refractivity contribution in [1.82, 2.24) is 5.06 Å². The van der Waals surface area contributed by atoms with E-state index in [1.807, 2.05) is 0 Å². The number of amides is 2. The number of hydrogen-bond donors (Lipinski definition) is 2. The van der Waals surface area contributed by atoms with Gasteiger partial charge >= 0.3 is 0 Å². The van der Waals surface area contributed by atoms with E-state index >= 15 is 0 Å². The van der Waals surface area contributed by atoms with Crippen LogP contribution in [-0.4, -0.2) is 34.4 Å². The number of nitrogens with two attached hydrogens (primary N) is 1. The summed E-state index contributed by atoms with van der Waals surface area (Å²) in [7, 11) is 0. The van der Waals surface area contributed by atoms with Gasteiger partial charge in [0.1, 0.15) is 11.7 Å². The van der Waals surface area contributed by atoms with Crippen molar-refractivity contribution in [3.8, 4) is 0 Å². The Morgan fingerprint density at radius 1 is 1.38 bits per heavy atom. The molecule has 1 saturated heterocycles. The maximum Gasteiger partial charge on any atom is 0.264 e. The molecule has 1 fully saturated rings. The van der Waals surface area contributed by atoms with Gasteiger partial charge in [0.2, 0.25) is 0 Å². The number of Topliss-reactive ketones (excluding diaryl/α,β-unsaturated/α-hetero) is 1. The van der Waals surface area contributed by atoms with Crippen LogP contribution in [0.3, 0.4) is 0 Å². The van der Waals surface area contributed by atoms with E-state index in [0.29, 0.717) is 13.0 Å². The van der Waals surface area contributed by atoms with Gasteiger partial charge < -0.3 is 5.73 Å². The van der Waals surface area contributed by atoms with Gasteiger partial charge in [-0.25, -0.2) is 0 Å². The standard InChI is InChI=1S/C10H16N2O4/c11-5-3-1-2-4-8(13)7-6-9(14)12(16)10(7)15/h7,16H,1-6,11H2. The molecule has 1 atom stereocenters. The van der Waals surface area contributed by atoms with Crippen LogP contribution in [0.2, 0.25) is 0 Å². The molecule has 16 heavy (non-hydrogen) atoms. The van der Waals surface area contributed by atoms with Crippen LogP contribution < -0.4 is 5.73 Å². The van der Waals surface area contributed by atoms with Crippen molar-refractivity contribution in [2.75, 3.05) is 6.54 Å². The molecule has 0 aliphatic carbocycles. The van der Waals surface area contributed by atoms with E-state index in [9.17, 15) is 14.4 Å². The summed E-state index contributed by atoms with van der Waals surface area (Å²) in [4.78, 5) is 33.8. The van der Waals surface area contributed by atoms with Gasteiger partial charge in [0.25, 0.3) is 11.8 Å². The predicted molar refractivity (Wildman–Crippen MR) is 54.3 cm³/mol. The minimum atomic E-state index is -0.977. The number of carbonyl (C=O) groups excluding carboxylic acids is 3. The van der Waals surface area contributed by atoms with Crippen LogP contribution in [0.15, 0.2) is 0 Å². The highest BCUT2D eigenvalue weighted by molar-refractivity contribution is 6.13. The van der Waals surface area contributed by atoms with E-state index < -0.39 is 17.7 Å². The first-order valence-electron chi connectivity index (χ1n) is 5.36. The molecule has 1 aliphatic rings. The number of imide groups is 1. The number of ketones is 1. The monoisotopic (exact) mass is 228 g/mol. The summed E-state index contributed by atoms with van der Waals surface area (Å²) in [6.07, 6.45) is 2.40. The van der Waals surface area contributed by atoms with Crippen molar-refractivity contribution in [2.24, 2.45) is 11.7 Å². The minimum Gasteiger partial charge on any atom is -0.330 e. The van der Waals surface area contributed by atoms with E-state index in [-0.39, 0.29) is 23.7 Å². The highest BCUT2D eigenvalue weighted by Crippen LogP contribution is 2.20. The Kier molecular flexibility index (Phi) is 4.57. The Morgan fingerprint density at radius 3 is 2.56 bits per heavy atom. The average molecular weight is 228 g/mol. The Hall–Kier alpha value is -1.27. The molecular formula is C10H16N2O4. The summed E-state index contributed by atoms with van der Waals surface area (Å²) in [6.45, 7) is 0.583. The Morgan fingerprint density at radius 2 is 2.06 bits per heavy atom. The van der Waals surface area contributed by atoms with E-state index in [0.717, 1.165) is 12.8 Å². The highest BCUT2D eigenvalue weighted by Gasteiger charge is 2.41. The van der Waals surface area contributed by atoms with Crippen LogP contribution in [-0.2, 0) is 14.4 Å². The van der Waals surface area contributed by atoms with E-state index in [2.05, 4.69) is 0 Å². The van der Waals surface area contributed by atoms with Crippen LogP contribution >= 0.6 is 0 Å². The fourth-order valence-electron chi connectivity index (χ4n) is 1.67. The molecule has 2 amide bonds. The second kappa shape index (κ2) is 5.72. The maximum absolute atomic E-state index is 11.6. The lowest BCUT2D eigenvalue weighted by atomic mass is 9.98. The molecule has 6 nitrogen and oxygen atoms in total. The highest BCUT2D eigenvalue weighted by atomic mass is 16.5. The topological polar surface area (TPSA) is 101 Å². The molecule has 0 saturated carbocycles. The molecule has 0 radical (unpaired) electrons. The molecule has 0 bridgehead atoms. The minimum absolute atomic E-state index is 0.0441. The molecule has 1 rings (SSSR count). The molecule has 0 aromatic carbocycles. The van der Waals surface area contributed by atoms with Crippen LogP contribution in [0.4, 0.5) is 0 Å². The van der Waals surface area contributed by atoms with Crippen molar-refractivity contribution in [2.45, 2.75) is 32.1 Å². The first-order valence-corrected chi connectivity index (χ1v) is 5.36. The van der Waals surface area contributed by atoms with Crippen molar-refractivity contribution in [1.29, 1.82) is 0 Å². The van der Waals surface area contributed by atoms with Crippen molar-refractivity contribution < 1.29 is 19.6 Å². The zero-order valence-corrected chi connectivity index (χ0v) is 9.02. The van der Waals surface area contributed by atoms with Gasteiger partial charge in [-0.15, -0.1) is 0 Å². The first-order chi connectivity index (χ1) is 7.57. The zero-order chi connectivity index (χ0) is 12.1. The van der Waals surface area contributed by atoms with Crippen molar-refractivity contribution in [3.05, 3.63) is 0 Å². The summed E-state index contributed by atoms with van der Waals surface area (Å²) in [5, 5.41) is 9.00. The molecule has 0 spiro atoms. The van der Waals surface area contributed by atoms with Gasteiger partial charge in [-0.05, 0) is 19.4 Å². The second-order valence-corrected chi connectivity index (χ2v) is 3.87. The normalized spacial score (nSPS) is 20.6. The van der Waals surface area contributed by atoms with Gasteiger partial charge in [0, 0.05) is 12.8 Å². The smallest absolute Gasteiger partial charge is 0.264 e. The van der Waals surface area contributed by atoms with Gasteiger partial charge in [-0.3, -0.25) is 19.6 Å². The van der Waals surface area contributed by atoms with Crippen LogP contribution in [0.1, 0.15) is 32.1 Å². The predicted octanol–water partition coefficient (Wildman–Crippen LogP) is -0.161. The lowest BCUT2D eigenvalue weighted by Gasteiger charge is -2.06. The fraction of sp³-hybridized carbons (Fsp3) is 0.700. The number of hydroxylamine groups is 2. The van der Waals surface area contributed by atoms with Gasteiger partial charge in [-0.1, -0.05) is 6.42 Å². The molecular weight excluding hydrogens is 212 g/mol. The number of hydrogen-bond acceptors (Lipinski definition) is 5. The summed E-state index contributed by atoms with van der Waals surface area (Å²) in [6, 6.07) is 0. The molecule has 0 aromatic heterocycles. The Balaban J connectivity index is 2.38. The summed E-state index contributed by atoms with van der Waals surface area (Å²) in [5.41, 5.74) is 5.30. The SMILES string of the molecule is NCCCCCC(=O)C1CC(=O)N(O)C1=O. The quantitative estimate of drug-likeness (QED) is 0.285. The summed E-state index contributed by atoms with van der Waals surface area (Å²) in [5.74, 6) is -2.75. The van der Waals surface area contributed by atoms with E-state index in [1.165, 1.54) is 0 Å². The number of unbranched alkanes of at least 4 members (excludes halogenated alkanes) is 2. The van der Waals surface area contributed by atoms with Gasteiger partial charge in [0.05, 0.1) is 0 Å². The zero-order valence-electron chi connectivity index (χ0n) is 9.02. The third-order valence-electron chi connectivity index (χ3n) is 2.64. The third-order valence-corrected chi connectivity index (χ3v) is 2.64. The molecule has 90 valence electrons. The molecule has 0 aromatic rings. The largest absolute Gasteiger partial charge is 0.330 e. The third kappa shape index (κ3) is 2.86. The van der Waals surface area contributed by atoms with Gasteiger partial charge in [-0.2, -0.15) is 5.06 Å². The second-order valence-electron chi connectivity index (χ2n) is 3.87. The Labute approximate surface area is 93.4 Å². The summed E-state index contributed by atoms with van der Waals surface area (Å²) < 4.78 is 0. The molecule has 1 unspecified atom stereocenters. The van der Waals surface area contributed by atoms with Crippen LogP contribution in [0.5, 0.6) is 0 Å². The van der Waals surface area contributed by atoms with E-state index in [1.54, 1.807) is 0 Å². The maximum atomic E-state index is 11.6. The van der Waals surface area contributed by atoms with Crippen LogP contribution in [0, 0.1) is 5.92 Å². The molecule has 6 heteroatoms. The lowest BCUT2D eigenvalue weighted by molar-refractivity contribution is -0.172. The molecule has 3 N–H and O–H groups in total. The average Bonchev–Trinajstić information content (AvgIpc) is 2.52. The Bertz CT molecular complexity index is 303. The number of nitrogens with zero attached hydrogens (tertiary/aromatic N) is 1. The lowest BCUT2D eigenvalue weighted by Crippen LogP contribution is -2.29. The van der Waals surface area contributed by atoms with Crippen molar-refractivity contribution >= 4 is 17.6 Å². The van der Waals surface area contributed by atoms with Crippen molar-refractivity contribution in [3.63, 3.8) is 0 Å².